The van der Waals surface area contributed by atoms with Crippen molar-refractivity contribution in [1.82, 2.24) is 0 Å². The van der Waals surface area contributed by atoms with Crippen molar-refractivity contribution in [3.8, 4) is 5.75 Å². The van der Waals surface area contributed by atoms with Crippen LogP contribution < -0.4 is 10.1 Å². The Balaban J connectivity index is 2.10. The maximum absolute atomic E-state index is 12.0. The average Bonchev–Trinajstić information content (AvgIpc) is 2.54. The standard InChI is InChI=1S/C17H16N2O4/c1-12-6-8-15(16(10-12)23-2)18-17(20)9-7-13-4-3-5-14(11-13)19(21)22/h3-11H,1-2H3,(H,18,20). The number of hydrogen-bond acceptors (Lipinski definition) is 4. The van der Waals surface area contributed by atoms with Crippen LogP contribution in [0.2, 0.25) is 0 Å². The van der Waals surface area contributed by atoms with E-state index in [-0.39, 0.29) is 11.6 Å². The number of carbonyl (C=O) groups is 1. The lowest BCUT2D eigenvalue weighted by molar-refractivity contribution is -0.384. The van der Waals surface area contributed by atoms with Gasteiger partial charge in [0.05, 0.1) is 17.7 Å². The fraction of sp³-hybridized carbons (Fsp3) is 0.118. The Morgan fingerprint density at radius 1 is 1.26 bits per heavy atom. The van der Waals surface area contributed by atoms with Gasteiger partial charge in [-0.25, -0.2) is 0 Å². The molecule has 0 spiro atoms. The van der Waals surface area contributed by atoms with E-state index < -0.39 is 4.92 Å². The summed E-state index contributed by atoms with van der Waals surface area (Å²) in [5.74, 6) is 0.223. The normalized spacial score (nSPS) is 10.5. The minimum absolute atomic E-state index is 0.0206. The molecule has 0 atom stereocenters. The molecule has 6 heteroatoms. The number of rotatable bonds is 5. The largest absolute Gasteiger partial charge is 0.495 e. The Labute approximate surface area is 133 Å². The quantitative estimate of drug-likeness (QED) is 0.520. The number of nitro groups is 1. The van der Waals surface area contributed by atoms with E-state index in [4.69, 9.17) is 4.74 Å². The number of nitro benzene ring substituents is 1. The summed E-state index contributed by atoms with van der Waals surface area (Å²) in [5.41, 5.74) is 2.14. The van der Waals surface area contributed by atoms with Crippen molar-refractivity contribution in [2.24, 2.45) is 0 Å². The molecule has 0 aliphatic heterocycles. The first-order valence-corrected chi connectivity index (χ1v) is 6.88. The minimum Gasteiger partial charge on any atom is -0.495 e. The van der Waals surface area contributed by atoms with Crippen molar-refractivity contribution in [2.75, 3.05) is 12.4 Å². The summed E-state index contributed by atoms with van der Waals surface area (Å²) >= 11 is 0. The maximum atomic E-state index is 12.0. The van der Waals surface area contributed by atoms with Crippen LogP contribution in [0.4, 0.5) is 11.4 Å². The molecule has 0 saturated heterocycles. The molecule has 2 aromatic carbocycles. The Morgan fingerprint density at radius 2 is 2.04 bits per heavy atom. The van der Waals surface area contributed by atoms with E-state index in [1.807, 2.05) is 19.1 Å². The molecule has 2 aromatic rings. The highest BCUT2D eigenvalue weighted by Crippen LogP contribution is 2.25. The van der Waals surface area contributed by atoms with Crippen LogP contribution in [0.15, 0.2) is 48.5 Å². The van der Waals surface area contributed by atoms with Gasteiger partial charge in [-0.3, -0.25) is 14.9 Å². The Hall–Kier alpha value is -3.15. The molecule has 0 radical (unpaired) electrons. The molecule has 1 amide bonds. The highest BCUT2D eigenvalue weighted by molar-refractivity contribution is 6.02. The second-order valence-electron chi connectivity index (χ2n) is 4.88. The molecule has 118 valence electrons. The van der Waals surface area contributed by atoms with Gasteiger partial charge in [-0.15, -0.1) is 0 Å². The first-order valence-electron chi connectivity index (χ1n) is 6.88. The van der Waals surface area contributed by atoms with Gasteiger partial charge in [-0.05, 0) is 36.3 Å². The number of hydrogen-bond donors (Lipinski definition) is 1. The van der Waals surface area contributed by atoms with Gasteiger partial charge in [0.2, 0.25) is 5.91 Å². The molecule has 6 nitrogen and oxygen atoms in total. The summed E-state index contributed by atoms with van der Waals surface area (Å²) < 4.78 is 5.22. The Kier molecular flexibility index (Phi) is 5.09. The molecule has 1 N–H and O–H groups in total. The fourth-order valence-electron chi connectivity index (χ4n) is 1.99. The molecule has 2 rings (SSSR count). The highest BCUT2D eigenvalue weighted by atomic mass is 16.6. The van der Waals surface area contributed by atoms with Gasteiger partial charge in [0.1, 0.15) is 5.75 Å². The third-order valence-corrected chi connectivity index (χ3v) is 3.12. The average molecular weight is 312 g/mol. The van der Waals surface area contributed by atoms with Gasteiger partial charge in [0.15, 0.2) is 0 Å². The number of ether oxygens (including phenoxy) is 1. The van der Waals surface area contributed by atoms with Crippen molar-refractivity contribution >= 4 is 23.4 Å². The van der Waals surface area contributed by atoms with Crippen molar-refractivity contribution in [1.29, 1.82) is 0 Å². The Bertz CT molecular complexity index is 769. The number of nitrogens with zero attached hydrogens (tertiary/aromatic N) is 1. The van der Waals surface area contributed by atoms with E-state index in [2.05, 4.69) is 5.32 Å². The van der Waals surface area contributed by atoms with Crippen LogP contribution in [0, 0.1) is 17.0 Å². The topological polar surface area (TPSA) is 81.5 Å². The first-order chi connectivity index (χ1) is 11.0. The SMILES string of the molecule is COc1cc(C)ccc1NC(=O)C=Cc1cccc([N+](=O)[O-])c1. The summed E-state index contributed by atoms with van der Waals surface area (Å²) in [6.45, 7) is 1.93. The van der Waals surface area contributed by atoms with Crippen LogP contribution in [0.1, 0.15) is 11.1 Å². The number of carbonyl (C=O) groups excluding carboxylic acids is 1. The molecule has 0 saturated carbocycles. The molecule has 0 unspecified atom stereocenters. The summed E-state index contributed by atoms with van der Waals surface area (Å²) in [6, 6.07) is 11.5. The summed E-state index contributed by atoms with van der Waals surface area (Å²) in [5, 5.41) is 13.4. The van der Waals surface area contributed by atoms with Gasteiger partial charge < -0.3 is 10.1 Å². The zero-order valence-electron chi connectivity index (χ0n) is 12.8. The van der Waals surface area contributed by atoms with Gasteiger partial charge >= 0.3 is 0 Å². The molecule has 0 fully saturated rings. The second kappa shape index (κ2) is 7.22. The summed E-state index contributed by atoms with van der Waals surface area (Å²) in [4.78, 5) is 22.2. The van der Waals surface area contributed by atoms with E-state index >= 15 is 0 Å². The third kappa shape index (κ3) is 4.41. The van der Waals surface area contributed by atoms with Gasteiger partial charge in [0, 0.05) is 18.2 Å². The second-order valence-corrected chi connectivity index (χ2v) is 4.88. The third-order valence-electron chi connectivity index (χ3n) is 3.12. The molecule has 0 aromatic heterocycles. The number of nitrogens with one attached hydrogen (secondary N) is 1. The van der Waals surface area contributed by atoms with Gasteiger partial charge in [-0.2, -0.15) is 0 Å². The van der Waals surface area contributed by atoms with Crippen molar-refractivity contribution in [2.45, 2.75) is 6.92 Å². The predicted molar refractivity (Wildman–Crippen MR) is 88.5 cm³/mol. The van der Waals surface area contributed by atoms with Crippen LogP contribution in [-0.2, 0) is 4.79 Å². The van der Waals surface area contributed by atoms with E-state index in [9.17, 15) is 14.9 Å². The molecule has 0 aliphatic carbocycles. The maximum Gasteiger partial charge on any atom is 0.270 e. The molecule has 0 heterocycles. The van der Waals surface area contributed by atoms with Crippen LogP contribution in [-0.4, -0.2) is 17.9 Å². The number of aryl methyl sites for hydroxylation is 1. The number of amides is 1. The van der Waals surface area contributed by atoms with Gasteiger partial charge in [0.25, 0.3) is 5.69 Å². The molecular formula is C17H16N2O4. The van der Waals surface area contributed by atoms with Crippen LogP contribution in [0.5, 0.6) is 5.75 Å². The smallest absolute Gasteiger partial charge is 0.270 e. The minimum atomic E-state index is -0.478. The highest BCUT2D eigenvalue weighted by Gasteiger charge is 2.06. The summed E-state index contributed by atoms with van der Waals surface area (Å²) in [6.07, 6.45) is 2.83. The van der Waals surface area contributed by atoms with Crippen molar-refractivity contribution in [3.05, 3.63) is 69.8 Å². The number of methoxy groups -OCH3 is 1. The number of anilines is 1. The molecule has 0 bridgehead atoms. The first kappa shape index (κ1) is 16.2. The molecular weight excluding hydrogens is 296 g/mol. The summed E-state index contributed by atoms with van der Waals surface area (Å²) in [7, 11) is 1.53. The number of non-ortho nitro benzene ring substituents is 1. The predicted octanol–water partition coefficient (Wildman–Crippen LogP) is 3.56. The molecule has 0 aliphatic rings. The lowest BCUT2D eigenvalue weighted by atomic mass is 10.2. The zero-order valence-corrected chi connectivity index (χ0v) is 12.8. The van der Waals surface area contributed by atoms with E-state index in [0.29, 0.717) is 17.0 Å². The fourth-order valence-corrected chi connectivity index (χ4v) is 1.99. The lowest BCUT2D eigenvalue weighted by Crippen LogP contribution is -2.09. The number of benzene rings is 2. The Morgan fingerprint density at radius 3 is 2.74 bits per heavy atom. The van der Waals surface area contributed by atoms with E-state index in [1.54, 1.807) is 18.2 Å². The van der Waals surface area contributed by atoms with Gasteiger partial charge in [-0.1, -0.05) is 18.2 Å². The van der Waals surface area contributed by atoms with Crippen LogP contribution >= 0.6 is 0 Å². The van der Waals surface area contributed by atoms with Crippen molar-refractivity contribution in [3.63, 3.8) is 0 Å². The van der Waals surface area contributed by atoms with E-state index in [1.165, 1.54) is 31.4 Å². The van der Waals surface area contributed by atoms with Crippen LogP contribution in [0.3, 0.4) is 0 Å². The zero-order chi connectivity index (χ0) is 16.8. The monoisotopic (exact) mass is 312 g/mol. The van der Waals surface area contributed by atoms with Crippen LogP contribution in [0.25, 0.3) is 6.08 Å². The van der Waals surface area contributed by atoms with E-state index in [0.717, 1.165) is 5.56 Å². The van der Waals surface area contributed by atoms with Crippen molar-refractivity contribution < 1.29 is 14.5 Å². The lowest BCUT2D eigenvalue weighted by Gasteiger charge is -2.09. The molecule has 23 heavy (non-hydrogen) atoms.